The quantitative estimate of drug-likeness (QED) is 0.794. The van der Waals surface area contributed by atoms with Gasteiger partial charge in [-0.15, -0.1) is 11.8 Å². The summed E-state index contributed by atoms with van der Waals surface area (Å²) in [5, 5.41) is 3.81. The first-order valence-electron chi connectivity index (χ1n) is 6.85. The van der Waals surface area contributed by atoms with Gasteiger partial charge in [0.15, 0.2) is 0 Å². The van der Waals surface area contributed by atoms with Gasteiger partial charge in [-0.3, -0.25) is 4.79 Å². The maximum absolute atomic E-state index is 12.0. The molecule has 110 valence electrons. The zero-order valence-corrected chi connectivity index (χ0v) is 12.7. The zero-order valence-electron chi connectivity index (χ0n) is 11.9. The normalized spacial score (nSPS) is 10.1. The molecule has 0 atom stereocenters. The fourth-order valence-corrected chi connectivity index (χ4v) is 2.55. The van der Waals surface area contributed by atoms with Crippen LogP contribution in [0.2, 0.25) is 0 Å². The minimum atomic E-state index is -0.0226. The van der Waals surface area contributed by atoms with Gasteiger partial charge in [0.05, 0.1) is 17.3 Å². The van der Waals surface area contributed by atoms with E-state index in [4.69, 9.17) is 4.74 Å². The van der Waals surface area contributed by atoms with Gasteiger partial charge in [-0.05, 0) is 31.2 Å². The van der Waals surface area contributed by atoms with Crippen molar-refractivity contribution in [3.63, 3.8) is 0 Å². The van der Waals surface area contributed by atoms with E-state index in [9.17, 15) is 4.79 Å². The van der Waals surface area contributed by atoms with Crippen LogP contribution in [-0.4, -0.2) is 23.3 Å². The zero-order chi connectivity index (χ0) is 14.9. The summed E-state index contributed by atoms with van der Waals surface area (Å²) in [5.41, 5.74) is 0.715. The highest BCUT2D eigenvalue weighted by atomic mass is 32.2. The summed E-state index contributed by atoms with van der Waals surface area (Å²) in [6.07, 6.45) is 2.18. The van der Waals surface area contributed by atoms with Crippen molar-refractivity contribution in [1.29, 1.82) is 0 Å². The molecule has 0 saturated carbocycles. The molecule has 2 rings (SSSR count). The third-order valence-corrected chi connectivity index (χ3v) is 3.62. The van der Waals surface area contributed by atoms with Crippen molar-refractivity contribution < 1.29 is 9.53 Å². The molecular formula is C16H18N2O2S. The van der Waals surface area contributed by atoms with Gasteiger partial charge in [0.1, 0.15) is 5.75 Å². The van der Waals surface area contributed by atoms with E-state index in [1.54, 1.807) is 18.0 Å². The van der Waals surface area contributed by atoms with E-state index in [1.165, 1.54) is 0 Å². The lowest BCUT2D eigenvalue weighted by atomic mass is 10.3. The number of rotatable bonds is 7. The summed E-state index contributed by atoms with van der Waals surface area (Å²) >= 11 is 1.57. The van der Waals surface area contributed by atoms with Gasteiger partial charge in [0.25, 0.3) is 0 Å². The first kappa shape index (κ1) is 15.4. The summed E-state index contributed by atoms with van der Waals surface area (Å²) in [7, 11) is 0. The van der Waals surface area contributed by atoms with Gasteiger partial charge in [0, 0.05) is 18.4 Å². The van der Waals surface area contributed by atoms with Crippen LogP contribution < -0.4 is 10.1 Å². The Morgan fingerprint density at radius 3 is 2.81 bits per heavy atom. The standard InChI is InChI=1S/C16H18N2O2S/c1-2-20-14-8-4-3-7-13(14)18-15(19)10-12-21-16-9-5-6-11-17-16/h3-9,11H,2,10,12H2,1H3,(H,18,19). The van der Waals surface area contributed by atoms with E-state index in [1.807, 2.05) is 49.4 Å². The third kappa shape index (κ3) is 5.11. The topological polar surface area (TPSA) is 51.2 Å². The molecule has 1 heterocycles. The van der Waals surface area contributed by atoms with Gasteiger partial charge < -0.3 is 10.1 Å². The number of pyridine rings is 1. The van der Waals surface area contributed by atoms with Gasteiger partial charge in [0.2, 0.25) is 5.91 Å². The average molecular weight is 302 g/mol. The first-order chi connectivity index (χ1) is 10.3. The van der Waals surface area contributed by atoms with Crippen LogP contribution in [0.1, 0.15) is 13.3 Å². The van der Waals surface area contributed by atoms with Crippen molar-refractivity contribution in [3.05, 3.63) is 48.7 Å². The molecular weight excluding hydrogens is 284 g/mol. The van der Waals surface area contributed by atoms with Gasteiger partial charge >= 0.3 is 0 Å². The molecule has 0 aliphatic rings. The number of carbonyl (C=O) groups is 1. The molecule has 21 heavy (non-hydrogen) atoms. The van der Waals surface area contributed by atoms with Gasteiger partial charge in [-0.25, -0.2) is 4.98 Å². The number of aromatic nitrogens is 1. The molecule has 0 unspecified atom stereocenters. The summed E-state index contributed by atoms with van der Waals surface area (Å²) in [6, 6.07) is 13.2. The van der Waals surface area contributed by atoms with E-state index >= 15 is 0 Å². The van der Waals surface area contributed by atoms with Crippen LogP contribution in [0.25, 0.3) is 0 Å². The fourth-order valence-electron chi connectivity index (χ4n) is 1.74. The molecule has 0 saturated heterocycles. The lowest BCUT2D eigenvalue weighted by Gasteiger charge is -2.11. The molecule has 4 nitrogen and oxygen atoms in total. The molecule has 0 aliphatic heterocycles. The first-order valence-corrected chi connectivity index (χ1v) is 7.83. The number of hydrogen-bond donors (Lipinski definition) is 1. The third-order valence-electron chi connectivity index (χ3n) is 2.68. The number of amides is 1. The van der Waals surface area contributed by atoms with Crippen molar-refractivity contribution in [1.82, 2.24) is 4.98 Å². The van der Waals surface area contributed by atoms with Crippen LogP contribution in [0.5, 0.6) is 5.75 Å². The number of nitrogens with one attached hydrogen (secondary N) is 1. The number of ether oxygens (including phenoxy) is 1. The van der Waals surface area contributed by atoms with Crippen molar-refractivity contribution in [2.45, 2.75) is 18.4 Å². The summed E-state index contributed by atoms with van der Waals surface area (Å²) in [4.78, 5) is 16.2. The minimum Gasteiger partial charge on any atom is -0.492 e. The highest BCUT2D eigenvalue weighted by Gasteiger charge is 2.07. The number of carbonyl (C=O) groups excluding carboxylic acids is 1. The van der Waals surface area contributed by atoms with Crippen molar-refractivity contribution in [2.24, 2.45) is 0 Å². The molecule has 1 N–H and O–H groups in total. The highest BCUT2D eigenvalue weighted by molar-refractivity contribution is 7.99. The Balaban J connectivity index is 1.82. The number of benzene rings is 1. The SMILES string of the molecule is CCOc1ccccc1NC(=O)CCSc1ccccn1. The largest absolute Gasteiger partial charge is 0.492 e. The summed E-state index contributed by atoms with van der Waals surface area (Å²) in [6.45, 7) is 2.49. The van der Waals surface area contributed by atoms with E-state index in [-0.39, 0.29) is 5.91 Å². The predicted octanol–water partition coefficient (Wildman–Crippen LogP) is 3.60. The second-order valence-electron chi connectivity index (χ2n) is 4.24. The lowest BCUT2D eigenvalue weighted by Crippen LogP contribution is -2.13. The van der Waals surface area contributed by atoms with E-state index in [0.717, 1.165) is 5.03 Å². The fraction of sp³-hybridized carbons (Fsp3) is 0.250. The molecule has 1 amide bonds. The van der Waals surface area contributed by atoms with Gasteiger partial charge in [-0.1, -0.05) is 18.2 Å². The number of anilines is 1. The second kappa shape index (κ2) is 8.32. The Labute approximate surface area is 128 Å². The molecule has 0 radical (unpaired) electrons. The van der Waals surface area contributed by atoms with Crippen molar-refractivity contribution >= 4 is 23.4 Å². The Kier molecular flexibility index (Phi) is 6.09. The van der Waals surface area contributed by atoms with E-state index < -0.39 is 0 Å². The Bertz CT molecular complexity index is 575. The lowest BCUT2D eigenvalue weighted by molar-refractivity contribution is -0.115. The molecule has 0 bridgehead atoms. The number of nitrogens with zero attached hydrogens (tertiary/aromatic N) is 1. The smallest absolute Gasteiger partial charge is 0.225 e. The van der Waals surface area contributed by atoms with Crippen LogP contribution in [0.15, 0.2) is 53.7 Å². The van der Waals surface area contributed by atoms with E-state index in [2.05, 4.69) is 10.3 Å². The second-order valence-corrected chi connectivity index (χ2v) is 5.36. The Hall–Kier alpha value is -2.01. The predicted molar refractivity (Wildman–Crippen MR) is 85.8 cm³/mol. The molecule has 1 aromatic heterocycles. The highest BCUT2D eigenvalue weighted by Crippen LogP contribution is 2.24. The van der Waals surface area contributed by atoms with Crippen LogP contribution >= 0.6 is 11.8 Å². The van der Waals surface area contributed by atoms with E-state index in [0.29, 0.717) is 30.2 Å². The van der Waals surface area contributed by atoms with Crippen LogP contribution in [0, 0.1) is 0 Å². The maximum Gasteiger partial charge on any atom is 0.225 e. The monoisotopic (exact) mass is 302 g/mol. The molecule has 0 spiro atoms. The van der Waals surface area contributed by atoms with Crippen LogP contribution in [-0.2, 0) is 4.79 Å². The van der Waals surface area contributed by atoms with Crippen molar-refractivity contribution in [3.8, 4) is 5.75 Å². The van der Waals surface area contributed by atoms with Crippen LogP contribution in [0.4, 0.5) is 5.69 Å². The number of para-hydroxylation sites is 2. The molecule has 1 aromatic carbocycles. The Morgan fingerprint density at radius 2 is 2.05 bits per heavy atom. The average Bonchev–Trinajstić information content (AvgIpc) is 2.50. The minimum absolute atomic E-state index is 0.0226. The number of thioether (sulfide) groups is 1. The Morgan fingerprint density at radius 1 is 1.24 bits per heavy atom. The molecule has 0 fully saturated rings. The maximum atomic E-state index is 12.0. The number of hydrogen-bond acceptors (Lipinski definition) is 4. The van der Waals surface area contributed by atoms with Crippen LogP contribution in [0.3, 0.4) is 0 Å². The molecule has 0 aliphatic carbocycles. The van der Waals surface area contributed by atoms with Gasteiger partial charge in [-0.2, -0.15) is 0 Å². The molecule has 2 aromatic rings. The summed E-state index contributed by atoms with van der Waals surface area (Å²) < 4.78 is 5.48. The summed E-state index contributed by atoms with van der Waals surface area (Å²) in [5.74, 6) is 1.37. The van der Waals surface area contributed by atoms with Crippen molar-refractivity contribution in [2.75, 3.05) is 17.7 Å². The molecule has 5 heteroatoms.